The fourth-order valence-corrected chi connectivity index (χ4v) is 3.29. The third kappa shape index (κ3) is 3.95. The number of amides is 1. The van der Waals surface area contributed by atoms with Gasteiger partial charge in [0.1, 0.15) is 9.88 Å². The minimum absolute atomic E-state index is 0.0706. The SMILES string of the molecule is CCC(CC)(CO)CNC(=O)c1sc(-c2ccccn2)nc1C. The lowest BCUT2D eigenvalue weighted by Gasteiger charge is -2.29. The first-order valence-corrected chi connectivity index (χ1v) is 8.64. The number of thiazole rings is 1. The van der Waals surface area contributed by atoms with E-state index in [9.17, 15) is 9.90 Å². The van der Waals surface area contributed by atoms with Crippen LogP contribution >= 0.6 is 11.3 Å². The molecule has 1 amide bonds. The molecule has 2 rings (SSSR count). The first kappa shape index (κ1) is 17.6. The van der Waals surface area contributed by atoms with Gasteiger partial charge >= 0.3 is 0 Å². The number of hydrogen-bond donors (Lipinski definition) is 2. The molecule has 0 saturated carbocycles. The van der Waals surface area contributed by atoms with E-state index in [-0.39, 0.29) is 17.9 Å². The minimum atomic E-state index is -0.252. The average Bonchev–Trinajstić information content (AvgIpc) is 2.99. The Morgan fingerprint density at radius 1 is 1.35 bits per heavy atom. The number of nitrogens with one attached hydrogen (secondary N) is 1. The van der Waals surface area contributed by atoms with Crippen LogP contribution < -0.4 is 5.32 Å². The van der Waals surface area contributed by atoms with Crippen molar-refractivity contribution in [3.05, 3.63) is 35.0 Å². The smallest absolute Gasteiger partial charge is 0.263 e. The van der Waals surface area contributed by atoms with Crippen molar-refractivity contribution in [2.24, 2.45) is 5.41 Å². The van der Waals surface area contributed by atoms with Gasteiger partial charge in [0, 0.05) is 18.2 Å². The number of hydrogen-bond acceptors (Lipinski definition) is 5. The number of aryl methyl sites for hydroxylation is 1. The van der Waals surface area contributed by atoms with E-state index < -0.39 is 0 Å². The molecule has 0 aliphatic rings. The molecule has 23 heavy (non-hydrogen) atoms. The molecule has 2 heterocycles. The molecule has 0 saturated heterocycles. The van der Waals surface area contributed by atoms with Gasteiger partial charge < -0.3 is 10.4 Å². The molecule has 0 atom stereocenters. The molecule has 0 aliphatic heterocycles. The van der Waals surface area contributed by atoms with E-state index in [0.29, 0.717) is 17.1 Å². The Hall–Kier alpha value is -1.79. The topological polar surface area (TPSA) is 75.1 Å². The number of pyridine rings is 1. The second kappa shape index (κ2) is 7.66. The largest absolute Gasteiger partial charge is 0.396 e. The fourth-order valence-electron chi connectivity index (χ4n) is 2.33. The zero-order chi connectivity index (χ0) is 16.9. The predicted molar refractivity (Wildman–Crippen MR) is 92.5 cm³/mol. The highest BCUT2D eigenvalue weighted by Gasteiger charge is 2.27. The van der Waals surface area contributed by atoms with Crippen molar-refractivity contribution in [1.82, 2.24) is 15.3 Å². The van der Waals surface area contributed by atoms with Crippen molar-refractivity contribution in [2.45, 2.75) is 33.6 Å². The highest BCUT2D eigenvalue weighted by molar-refractivity contribution is 7.17. The minimum Gasteiger partial charge on any atom is -0.396 e. The summed E-state index contributed by atoms with van der Waals surface area (Å²) >= 11 is 1.35. The van der Waals surface area contributed by atoms with Gasteiger partial charge in [-0.05, 0) is 31.9 Å². The first-order valence-electron chi connectivity index (χ1n) is 7.83. The molecule has 0 unspecified atom stereocenters. The van der Waals surface area contributed by atoms with Crippen molar-refractivity contribution < 1.29 is 9.90 Å². The second-order valence-corrected chi connectivity index (χ2v) is 6.70. The van der Waals surface area contributed by atoms with Crippen LogP contribution in [-0.4, -0.2) is 34.1 Å². The Kier molecular flexibility index (Phi) is 5.85. The van der Waals surface area contributed by atoms with Gasteiger partial charge in [-0.25, -0.2) is 4.98 Å². The second-order valence-electron chi connectivity index (χ2n) is 5.70. The molecule has 0 fully saturated rings. The number of nitrogens with zero attached hydrogens (tertiary/aromatic N) is 2. The molecule has 0 aromatic carbocycles. The van der Waals surface area contributed by atoms with Crippen LogP contribution in [0.3, 0.4) is 0 Å². The number of carbonyl (C=O) groups excluding carboxylic acids is 1. The first-order chi connectivity index (χ1) is 11.0. The highest BCUT2D eigenvalue weighted by atomic mass is 32.1. The summed E-state index contributed by atoms with van der Waals surface area (Å²) in [4.78, 5) is 21.8. The zero-order valence-corrected chi connectivity index (χ0v) is 14.6. The van der Waals surface area contributed by atoms with Crippen molar-refractivity contribution in [3.8, 4) is 10.7 Å². The summed E-state index contributed by atoms with van der Waals surface area (Å²) in [6.07, 6.45) is 3.35. The molecule has 0 bridgehead atoms. The monoisotopic (exact) mass is 333 g/mol. The molecule has 2 N–H and O–H groups in total. The molecular weight excluding hydrogens is 310 g/mol. The van der Waals surface area contributed by atoms with E-state index in [0.717, 1.165) is 23.5 Å². The van der Waals surface area contributed by atoms with E-state index in [1.54, 1.807) is 6.20 Å². The summed E-state index contributed by atoms with van der Waals surface area (Å²) in [5, 5.41) is 13.3. The van der Waals surface area contributed by atoms with Crippen LogP contribution in [0.25, 0.3) is 10.7 Å². The summed E-state index contributed by atoms with van der Waals surface area (Å²) < 4.78 is 0. The third-order valence-corrected chi connectivity index (χ3v) is 5.52. The zero-order valence-electron chi connectivity index (χ0n) is 13.8. The Balaban J connectivity index is 2.13. The van der Waals surface area contributed by atoms with Gasteiger partial charge in [0.2, 0.25) is 0 Å². The Morgan fingerprint density at radius 3 is 2.65 bits per heavy atom. The third-order valence-electron chi connectivity index (χ3n) is 4.35. The van der Waals surface area contributed by atoms with Crippen LogP contribution in [0.4, 0.5) is 0 Å². The molecular formula is C17H23N3O2S. The summed E-state index contributed by atoms with van der Waals surface area (Å²) in [5.41, 5.74) is 1.22. The predicted octanol–water partition coefficient (Wildman–Crippen LogP) is 3.04. The standard InChI is InChI=1S/C17H23N3O2S/c1-4-17(5-2,11-21)10-19-15(22)14-12(3)20-16(23-14)13-8-6-7-9-18-13/h6-9,21H,4-5,10-11H2,1-3H3,(H,19,22). The van der Waals surface area contributed by atoms with Crippen molar-refractivity contribution in [1.29, 1.82) is 0 Å². The molecule has 6 heteroatoms. The van der Waals surface area contributed by atoms with Crippen molar-refractivity contribution in [3.63, 3.8) is 0 Å². The van der Waals surface area contributed by atoms with Crippen LogP contribution in [0.2, 0.25) is 0 Å². The average molecular weight is 333 g/mol. The fraction of sp³-hybridized carbons (Fsp3) is 0.471. The number of carbonyl (C=O) groups is 1. The van der Waals surface area contributed by atoms with Crippen LogP contribution in [0.5, 0.6) is 0 Å². The molecule has 0 radical (unpaired) electrons. The summed E-state index contributed by atoms with van der Waals surface area (Å²) in [6.45, 7) is 6.43. The van der Waals surface area contributed by atoms with Crippen molar-refractivity contribution >= 4 is 17.2 Å². The van der Waals surface area contributed by atoms with E-state index >= 15 is 0 Å². The Bertz CT molecular complexity index is 643. The maximum Gasteiger partial charge on any atom is 0.263 e. The number of aliphatic hydroxyl groups is 1. The maximum atomic E-state index is 12.5. The normalized spacial score (nSPS) is 11.5. The maximum absolute atomic E-state index is 12.5. The molecule has 2 aromatic heterocycles. The molecule has 0 aliphatic carbocycles. The number of aliphatic hydroxyl groups excluding tert-OH is 1. The van der Waals surface area contributed by atoms with E-state index in [1.807, 2.05) is 39.0 Å². The number of rotatable bonds is 7. The van der Waals surface area contributed by atoms with Gasteiger partial charge in [-0.3, -0.25) is 9.78 Å². The summed E-state index contributed by atoms with van der Waals surface area (Å²) in [5.74, 6) is -0.137. The molecule has 5 nitrogen and oxygen atoms in total. The number of aromatic nitrogens is 2. The van der Waals surface area contributed by atoms with Crippen molar-refractivity contribution in [2.75, 3.05) is 13.2 Å². The van der Waals surface area contributed by atoms with Gasteiger partial charge in [-0.15, -0.1) is 11.3 Å². The summed E-state index contributed by atoms with van der Waals surface area (Å²) in [7, 11) is 0. The van der Waals surface area contributed by atoms with E-state index in [1.165, 1.54) is 11.3 Å². The van der Waals surface area contributed by atoms with Crippen LogP contribution in [0.1, 0.15) is 42.1 Å². The Labute approximate surface area is 140 Å². The van der Waals surface area contributed by atoms with Gasteiger partial charge in [0.15, 0.2) is 0 Å². The van der Waals surface area contributed by atoms with Crippen LogP contribution in [0.15, 0.2) is 24.4 Å². The summed E-state index contributed by atoms with van der Waals surface area (Å²) in [6, 6.07) is 5.63. The lowest BCUT2D eigenvalue weighted by Crippen LogP contribution is -2.39. The quantitative estimate of drug-likeness (QED) is 0.816. The van der Waals surface area contributed by atoms with Crippen LogP contribution in [0, 0.1) is 12.3 Å². The van der Waals surface area contributed by atoms with Gasteiger partial charge in [0.25, 0.3) is 5.91 Å². The Morgan fingerprint density at radius 2 is 2.09 bits per heavy atom. The molecule has 0 spiro atoms. The van der Waals surface area contributed by atoms with Gasteiger partial charge in [-0.1, -0.05) is 19.9 Å². The van der Waals surface area contributed by atoms with E-state index in [2.05, 4.69) is 15.3 Å². The highest BCUT2D eigenvalue weighted by Crippen LogP contribution is 2.27. The van der Waals surface area contributed by atoms with Crippen LogP contribution in [-0.2, 0) is 0 Å². The van der Waals surface area contributed by atoms with Gasteiger partial charge in [-0.2, -0.15) is 0 Å². The van der Waals surface area contributed by atoms with Gasteiger partial charge in [0.05, 0.1) is 18.0 Å². The molecule has 2 aromatic rings. The molecule has 124 valence electrons. The van der Waals surface area contributed by atoms with E-state index in [4.69, 9.17) is 0 Å². The lowest BCUT2D eigenvalue weighted by molar-refractivity contribution is 0.0854. The lowest BCUT2D eigenvalue weighted by atomic mass is 9.83.